The van der Waals surface area contributed by atoms with E-state index in [2.05, 4.69) is 26.0 Å². The zero-order valence-electron chi connectivity index (χ0n) is 36.0. The highest BCUT2D eigenvalue weighted by atomic mass is 31.2. The van der Waals surface area contributed by atoms with E-state index in [4.69, 9.17) is 18.5 Å². The van der Waals surface area contributed by atoms with Crippen LogP contribution in [0, 0.1) is 0 Å². The second-order valence-corrected chi connectivity index (χ2v) is 17.9. The Morgan fingerprint density at radius 3 is 1.37 bits per heavy atom. The molecule has 0 aromatic rings. The van der Waals surface area contributed by atoms with E-state index < -0.39 is 26.5 Å². The van der Waals surface area contributed by atoms with Gasteiger partial charge in [-0.1, -0.05) is 167 Å². The number of carbonyl (C=O) groups excluding carboxylic acids is 2. The zero-order valence-corrected chi connectivity index (χ0v) is 36.9. The number of phosphoric ester groups is 1. The Morgan fingerprint density at radius 2 is 0.944 bits per heavy atom. The van der Waals surface area contributed by atoms with Crippen molar-refractivity contribution < 1.29 is 42.1 Å². The predicted molar refractivity (Wildman–Crippen MR) is 224 cm³/mol. The van der Waals surface area contributed by atoms with Crippen molar-refractivity contribution >= 4 is 19.8 Å². The molecule has 10 heteroatoms. The fourth-order valence-corrected chi connectivity index (χ4v) is 6.99. The molecule has 0 saturated heterocycles. The lowest BCUT2D eigenvalue weighted by Gasteiger charge is -2.24. The molecule has 9 nitrogen and oxygen atoms in total. The summed E-state index contributed by atoms with van der Waals surface area (Å²) in [5.41, 5.74) is 0. The first-order chi connectivity index (χ1) is 26.0. The molecule has 2 atom stereocenters. The number of likely N-dealkylation sites (N-methyl/N-ethyl adjacent to an activating group) is 1. The summed E-state index contributed by atoms with van der Waals surface area (Å²) in [6.45, 7) is 4.43. The molecule has 1 N–H and O–H groups in total. The van der Waals surface area contributed by atoms with E-state index in [-0.39, 0.29) is 25.6 Å². The van der Waals surface area contributed by atoms with Crippen LogP contribution < -0.4 is 0 Å². The van der Waals surface area contributed by atoms with Gasteiger partial charge in [-0.3, -0.25) is 18.6 Å². The quantitative estimate of drug-likeness (QED) is 0.0214. The molecule has 320 valence electrons. The molecular formula is C44H87NO8P+. The minimum atomic E-state index is -4.37. The maximum atomic E-state index is 12.7. The first kappa shape index (κ1) is 52.8. The summed E-state index contributed by atoms with van der Waals surface area (Å²) in [6, 6.07) is 0. The average Bonchev–Trinajstić information content (AvgIpc) is 3.12. The lowest BCUT2D eigenvalue weighted by molar-refractivity contribution is -0.870. The number of nitrogens with zero attached hydrogens (tertiary/aromatic N) is 1. The number of allylic oxidation sites excluding steroid dienone is 2. The van der Waals surface area contributed by atoms with Crippen LogP contribution in [0.3, 0.4) is 0 Å². The van der Waals surface area contributed by atoms with Crippen molar-refractivity contribution in [3.8, 4) is 0 Å². The number of rotatable bonds is 41. The maximum Gasteiger partial charge on any atom is 0.472 e. The minimum absolute atomic E-state index is 0.0332. The zero-order chi connectivity index (χ0) is 40.0. The average molecular weight is 789 g/mol. The third-order valence-corrected chi connectivity index (χ3v) is 10.8. The fraction of sp³-hybridized carbons (Fsp3) is 0.909. The van der Waals surface area contributed by atoms with E-state index in [0.717, 1.165) is 51.4 Å². The van der Waals surface area contributed by atoms with Gasteiger partial charge in [-0.25, -0.2) is 4.57 Å². The number of carbonyl (C=O) groups is 2. The second kappa shape index (κ2) is 37.3. The van der Waals surface area contributed by atoms with Crippen LogP contribution in [0.25, 0.3) is 0 Å². The van der Waals surface area contributed by atoms with Crippen LogP contribution in [-0.4, -0.2) is 74.9 Å². The summed E-state index contributed by atoms with van der Waals surface area (Å²) >= 11 is 0. The monoisotopic (exact) mass is 789 g/mol. The Bertz CT molecular complexity index is 938. The first-order valence-electron chi connectivity index (χ1n) is 22.4. The molecule has 0 amide bonds. The Balaban J connectivity index is 4.34. The Labute approximate surface area is 333 Å². The Hall–Kier alpha value is -1.25. The Morgan fingerprint density at radius 1 is 0.556 bits per heavy atom. The molecule has 0 aromatic heterocycles. The third-order valence-electron chi connectivity index (χ3n) is 9.80. The van der Waals surface area contributed by atoms with Gasteiger partial charge >= 0.3 is 19.8 Å². The molecule has 54 heavy (non-hydrogen) atoms. The number of hydrogen-bond acceptors (Lipinski definition) is 7. The van der Waals surface area contributed by atoms with E-state index >= 15 is 0 Å². The fourth-order valence-electron chi connectivity index (χ4n) is 6.24. The van der Waals surface area contributed by atoms with E-state index in [0.29, 0.717) is 23.9 Å². The molecule has 0 saturated carbocycles. The highest BCUT2D eigenvalue weighted by Crippen LogP contribution is 2.43. The molecule has 0 radical (unpaired) electrons. The molecule has 0 bridgehead atoms. The van der Waals surface area contributed by atoms with Crippen LogP contribution in [0.2, 0.25) is 0 Å². The molecular weight excluding hydrogens is 701 g/mol. The molecule has 0 fully saturated rings. The van der Waals surface area contributed by atoms with Crippen molar-refractivity contribution in [3.05, 3.63) is 12.2 Å². The predicted octanol–water partition coefficient (Wildman–Crippen LogP) is 12.6. The molecule has 0 aliphatic heterocycles. The van der Waals surface area contributed by atoms with Gasteiger partial charge in [0.1, 0.15) is 19.8 Å². The third kappa shape index (κ3) is 40.4. The summed E-state index contributed by atoms with van der Waals surface area (Å²) in [4.78, 5) is 35.3. The van der Waals surface area contributed by atoms with Crippen molar-refractivity contribution in [2.24, 2.45) is 0 Å². The van der Waals surface area contributed by atoms with Gasteiger partial charge in [0.2, 0.25) is 0 Å². The number of esters is 2. The molecule has 1 unspecified atom stereocenters. The SMILES string of the molecule is CCCCCCCCC=CCCCCCCCC(=O)O[C@H](COC(=O)CCCCCCCCCCCCCCCCC)COP(=O)(O)OCC[N+](C)(C)C. The number of ether oxygens (including phenoxy) is 2. The van der Waals surface area contributed by atoms with Gasteiger partial charge in [-0.05, 0) is 38.5 Å². The van der Waals surface area contributed by atoms with Crippen molar-refractivity contribution in [1.82, 2.24) is 0 Å². The minimum Gasteiger partial charge on any atom is -0.462 e. The first-order valence-corrected chi connectivity index (χ1v) is 23.9. The number of quaternary nitrogens is 1. The van der Waals surface area contributed by atoms with Crippen LogP contribution >= 0.6 is 7.82 Å². The highest BCUT2D eigenvalue weighted by molar-refractivity contribution is 7.47. The summed E-state index contributed by atoms with van der Waals surface area (Å²) < 4.78 is 34.3. The molecule has 0 aliphatic carbocycles. The van der Waals surface area contributed by atoms with E-state index in [1.165, 1.54) is 122 Å². The smallest absolute Gasteiger partial charge is 0.462 e. The molecule has 0 aliphatic rings. The second-order valence-electron chi connectivity index (χ2n) is 16.4. The largest absolute Gasteiger partial charge is 0.472 e. The lowest BCUT2D eigenvalue weighted by atomic mass is 10.0. The molecule has 0 heterocycles. The van der Waals surface area contributed by atoms with Gasteiger partial charge in [0.05, 0.1) is 27.7 Å². The normalized spacial score (nSPS) is 13.7. The highest BCUT2D eigenvalue weighted by Gasteiger charge is 2.27. The van der Waals surface area contributed by atoms with Gasteiger partial charge in [-0.15, -0.1) is 0 Å². The lowest BCUT2D eigenvalue weighted by Crippen LogP contribution is -2.37. The van der Waals surface area contributed by atoms with E-state index in [9.17, 15) is 19.0 Å². The Kier molecular flexibility index (Phi) is 36.5. The van der Waals surface area contributed by atoms with Gasteiger partial charge in [-0.2, -0.15) is 0 Å². The maximum absolute atomic E-state index is 12.7. The van der Waals surface area contributed by atoms with Crippen molar-refractivity contribution in [2.45, 2.75) is 213 Å². The van der Waals surface area contributed by atoms with Crippen LogP contribution in [0.4, 0.5) is 0 Å². The molecule has 0 aromatic carbocycles. The molecule has 0 spiro atoms. The van der Waals surface area contributed by atoms with E-state index in [1.807, 2.05) is 21.1 Å². The van der Waals surface area contributed by atoms with Gasteiger partial charge in [0, 0.05) is 12.8 Å². The van der Waals surface area contributed by atoms with Crippen LogP contribution in [-0.2, 0) is 32.7 Å². The standard InChI is InChI=1S/C44H86NO8P/c1-6-8-10-12-14-16-18-20-22-24-26-28-30-32-34-36-43(46)50-40-42(41-52-54(48,49)51-39-38-45(3,4)5)53-44(47)37-35-33-31-29-27-25-23-21-19-17-15-13-11-9-7-2/h21,23,42H,6-20,22,24-41H2,1-5H3/p+1/t42-/m1/s1. The molecule has 0 rings (SSSR count). The topological polar surface area (TPSA) is 108 Å². The van der Waals surface area contributed by atoms with Crippen LogP contribution in [0.15, 0.2) is 12.2 Å². The van der Waals surface area contributed by atoms with Crippen molar-refractivity contribution in [1.29, 1.82) is 0 Å². The van der Waals surface area contributed by atoms with Gasteiger partial charge < -0.3 is 18.9 Å². The van der Waals surface area contributed by atoms with Crippen LogP contribution in [0.1, 0.15) is 206 Å². The summed E-state index contributed by atoms with van der Waals surface area (Å²) in [5, 5.41) is 0. The van der Waals surface area contributed by atoms with Crippen molar-refractivity contribution in [3.63, 3.8) is 0 Å². The number of hydrogen-bond donors (Lipinski definition) is 1. The van der Waals surface area contributed by atoms with Gasteiger partial charge in [0.25, 0.3) is 0 Å². The summed E-state index contributed by atoms with van der Waals surface area (Å²) in [5.74, 6) is -0.798. The summed E-state index contributed by atoms with van der Waals surface area (Å²) in [6.07, 6.45) is 38.2. The van der Waals surface area contributed by atoms with Crippen molar-refractivity contribution in [2.75, 3.05) is 47.5 Å². The van der Waals surface area contributed by atoms with Crippen LogP contribution in [0.5, 0.6) is 0 Å². The van der Waals surface area contributed by atoms with Gasteiger partial charge in [0.15, 0.2) is 6.10 Å². The summed E-state index contributed by atoms with van der Waals surface area (Å²) in [7, 11) is 1.48. The number of unbranched alkanes of at least 4 members (excludes halogenated alkanes) is 25. The van der Waals surface area contributed by atoms with E-state index in [1.54, 1.807) is 0 Å². The number of phosphoric acid groups is 1.